The van der Waals surface area contributed by atoms with Gasteiger partial charge in [0.05, 0.1) is 0 Å². The Morgan fingerprint density at radius 1 is 1.28 bits per heavy atom. The molecule has 0 saturated carbocycles. The maximum atomic E-state index is 3.89. The van der Waals surface area contributed by atoms with Crippen LogP contribution in [0.15, 0.2) is 12.7 Å². The zero-order valence-corrected chi connectivity index (χ0v) is 12.9. The maximum absolute atomic E-state index is 3.89. The van der Waals surface area contributed by atoms with Crippen LogP contribution in [0.4, 0.5) is 0 Å². The van der Waals surface area contributed by atoms with Gasteiger partial charge in [0.15, 0.2) is 0 Å². The van der Waals surface area contributed by atoms with Gasteiger partial charge in [-0.25, -0.2) is 0 Å². The molecule has 0 aromatic heterocycles. The van der Waals surface area contributed by atoms with Gasteiger partial charge in [-0.15, -0.1) is 6.58 Å². The van der Waals surface area contributed by atoms with E-state index in [1.165, 1.54) is 13.0 Å². The molecular formula is C16H32N2. The van der Waals surface area contributed by atoms with E-state index in [1.54, 1.807) is 0 Å². The summed E-state index contributed by atoms with van der Waals surface area (Å²) in [6.45, 7) is 17.9. The monoisotopic (exact) mass is 252 g/mol. The van der Waals surface area contributed by atoms with E-state index in [0.29, 0.717) is 24.0 Å². The number of nitrogens with zero attached hydrogens (tertiary/aromatic N) is 1. The van der Waals surface area contributed by atoms with Gasteiger partial charge in [0, 0.05) is 31.2 Å². The molecule has 0 aromatic rings. The van der Waals surface area contributed by atoms with Gasteiger partial charge < -0.3 is 5.32 Å². The summed E-state index contributed by atoms with van der Waals surface area (Å²) in [6.07, 6.45) is 4.43. The molecule has 2 heteroatoms. The lowest BCUT2D eigenvalue weighted by Gasteiger charge is -2.46. The van der Waals surface area contributed by atoms with Crippen molar-refractivity contribution in [2.45, 2.75) is 65.6 Å². The second-order valence-electron chi connectivity index (χ2n) is 6.62. The second-order valence-corrected chi connectivity index (χ2v) is 6.62. The Kier molecular flexibility index (Phi) is 6.37. The largest absolute Gasteiger partial charge is 0.311 e. The van der Waals surface area contributed by atoms with E-state index in [9.17, 15) is 0 Å². The average Bonchev–Trinajstić information content (AvgIpc) is 2.28. The Morgan fingerprint density at radius 3 is 2.44 bits per heavy atom. The van der Waals surface area contributed by atoms with E-state index in [0.717, 1.165) is 18.9 Å². The molecule has 1 fully saturated rings. The molecule has 2 nitrogen and oxygen atoms in total. The van der Waals surface area contributed by atoms with E-state index in [1.807, 2.05) is 0 Å². The Balaban J connectivity index is 2.66. The van der Waals surface area contributed by atoms with Crippen LogP contribution >= 0.6 is 0 Å². The van der Waals surface area contributed by atoms with Gasteiger partial charge >= 0.3 is 0 Å². The molecule has 3 atom stereocenters. The zero-order chi connectivity index (χ0) is 13.7. The van der Waals surface area contributed by atoms with Gasteiger partial charge in [0.1, 0.15) is 0 Å². The van der Waals surface area contributed by atoms with Crippen LogP contribution in [0.2, 0.25) is 0 Å². The fourth-order valence-electron chi connectivity index (χ4n) is 3.09. The van der Waals surface area contributed by atoms with Crippen LogP contribution in [0.25, 0.3) is 0 Å². The third-order valence-electron chi connectivity index (χ3n) is 4.07. The number of piperazine rings is 1. The molecule has 106 valence electrons. The van der Waals surface area contributed by atoms with E-state index in [-0.39, 0.29) is 0 Å². The number of nitrogens with one attached hydrogen (secondary N) is 1. The smallest absolute Gasteiger partial charge is 0.0247 e. The lowest BCUT2D eigenvalue weighted by molar-refractivity contribution is 0.0586. The lowest BCUT2D eigenvalue weighted by atomic mass is 9.93. The third kappa shape index (κ3) is 4.40. The first-order chi connectivity index (χ1) is 8.45. The van der Waals surface area contributed by atoms with Crippen molar-refractivity contribution < 1.29 is 0 Å². The Labute approximate surface area is 114 Å². The molecule has 1 aliphatic heterocycles. The summed E-state index contributed by atoms with van der Waals surface area (Å²) in [4.78, 5) is 2.70. The minimum Gasteiger partial charge on any atom is -0.311 e. The molecule has 1 N–H and O–H groups in total. The molecule has 18 heavy (non-hydrogen) atoms. The Bertz CT molecular complexity index is 247. The molecule has 0 amide bonds. The van der Waals surface area contributed by atoms with Crippen LogP contribution in [0.1, 0.15) is 47.5 Å². The minimum absolute atomic E-state index is 0.617. The maximum Gasteiger partial charge on any atom is 0.0247 e. The van der Waals surface area contributed by atoms with Gasteiger partial charge in [-0.3, -0.25) is 4.90 Å². The van der Waals surface area contributed by atoms with Gasteiger partial charge in [-0.1, -0.05) is 33.8 Å². The summed E-state index contributed by atoms with van der Waals surface area (Å²) in [6, 6.07) is 1.95. The number of hydrogen-bond acceptors (Lipinski definition) is 2. The first-order valence-electron chi connectivity index (χ1n) is 7.55. The highest BCUT2D eigenvalue weighted by Crippen LogP contribution is 2.22. The summed E-state index contributed by atoms with van der Waals surface area (Å²) in [5.41, 5.74) is 0. The van der Waals surface area contributed by atoms with Crippen molar-refractivity contribution in [3.05, 3.63) is 12.7 Å². The van der Waals surface area contributed by atoms with Crippen molar-refractivity contribution in [2.24, 2.45) is 11.8 Å². The fraction of sp³-hybridized carbons (Fsp3) is 0.875. The van der Waals surface area contributed by atoms with Crippen molar-refractivity contribution in [1.82, 2.24) is 10.2 Å². The summed E-state index contributed by atoms with van der Waals surface area (Å²) >= 11 is 0. The predicted molar refractivity (Wildman–Crippen MR) is 80.9 cm³/mol. The quantitative estimate of drug-likeness (QED) is 0.730. The van der Waals surface area contributed by atoms with E-state index < -0.39 is 0 Å². The van der Waals surface area contributed by atoms with Gasteiger partial charge in [0.25, 0.3) is 0 Å². The van der Waals surface area contributed by atoms with Crippen molar-refractivity contribution >= 4 is 0 Å². The molecule has 1 rings (SSSR count). The van der Waals surface area contributed by atoms with Crippen LogP contribution in [0, 0.1) is 11.8 Å². The second kappa shape index (κ2) is 7.30. The minimum atomic E-state index is 0.617. The highest BCUT2D eigenvalue weighted by atomic mass is 15.3. The average molecular weight is 252 g/mol. The first kappa shape index (κ1) is 15.7. The standard InChI is InChI=1S/C16H32N2/c1-7-8-14(6)18-11-15(9-12(2)3)17-10-16(18)13(4)5/h7,12-17H,1,8-11H2,2-6H3. The van der Waals surface area contributed by atoms with Gasteiger partial charge in [0.2, 0.25) is 0 Å². The van der Waals surface area contributed by atoms with Gasteiger partial charge in [-0.2, -0.15) is 0 Å². The zero-order valence-electron chi connectivity index (χ0n) is 12.9. The summed E-state index contributed by atoms with van der Waals surface area (Å²) in [5.74, 6) is 1.49. The highest BCUT2D eigenvalue weighted by molar-refractivity contribution is 4.92. The third-order valence-corrected chi connectivity index (χ3v) is 4.07. The molecular weight excluding hydrogens is 220 g/mol. The van der Waals surface area contributed by atoms with Crippen LogP contribution < -0.4 is 5.32 Å². The topological polar surface area (TPSA) is 15.3 Å². The Morgan fingerprint density at radius 2 is 1.94 bits per heavy atom. The van der Waals surface area contributed by atoms with Crippen LogP contribution in [0.3, 0.4) is 0 Å². The SMILES string of the molecule is C=CCC(C)N1CC(CC(C)C)NCC1C(C)C. The number of hydrogen-bond donors (Lipinski definition) is 1. The molecule has 0 aromatic carbocycles. The summed E-state index contributed by atoms with van der Waals surface area (Å²) < 4.78 is 0. The molecule has 0 spiro atoms. The van der Waals surface area contributed by atoms with Crippen molar-refractivity contribution in [1.29, 1.82) is 0 Å². The molecule has 0 bridgehead atoms. The molecule has 3 unspecified atom stereocenters. The summed E-state index contributed by atoms with van der Waals surface area (Å²) in [7, 11) is 0. The predicted octanol–water partition coefficient (Wildman–Crippen LogP) is 3.30. The van der Waals surface area contributed by atoms with Crippen LogP contribution in [-0.2, 0) is 0 Å². The lowest BCUT2D eigenvalue weighted by Crippen LogP contribution is -2.60. The normalized spacial score (nSPS) is 27.7. The molecule has 0 radical (unpaired) electrons. The molecule has 1 saturated heterocycles. The van der Waals surface area contributed by atoms with E-state index in [2.05, 4.69) is 57.5 Å². The molecule has 0 aliphatic carbocycles. The van der Waals surface area contributed by atoms with Crippen LogP contribution in [-0.4, -0.2) is 36.1 Å². The van der Waals surface area contributed by atoms with Crippen molar-refractivity contribution in [3.8, 4) is 0 Å². The molecule has 1 aliphatic rings. The van der Waals surface area contributed by atoms with E-state index >= 15 is 0 Å². The fourth-order valence-corrected chi connectivity index (χ4v) is 3.09. The Hall–Kier alpha value is -0.340. The molecule has 1 heterocycles. The number of rotatable bonds is 6. The highest BCUT2D eigenvalue weighted by Gasteiger charge is 2.32. The van der Waals surface area contributed by atoms with Crippen molar-refractivity contribution in [3.63, 3.8) is 0 Å². The van der Waals surface area contributed by atoms with Gasteiger partial charge in [-0.05, 0) is 31.6 Å². The van der Waals surface area contributed by atoms with Crippen LogP contribution in [0.5, 0.6) is 0 Å². The summed E-state index contributed by atoms with van der Waals surface area (Å²) in [5, 5.41) is 3.74. The van der Waals surface area contributed by atoms with E-state index in [4.69, 9.17) is 0 Å². The first-order valence-corrected chi connectivity index (χ1v) is 7.55. The van der Waals surface area contributed by atoms with Crippen molar-refractivity contribution in [2.75, 3.05) is 13.1 Å².